The van der Waals surface area contributed by atoms with Crippen LogP contribution >= 0.6 is 11.3 Å². The van der Waals surface area contributed by atoms with E-state index in [1.165, 1.54) is 0 Å². The Hall–Kier alpha value is -2.12. The Bertz CT molecular complexity index is 538. The van der Waals surface area contributed by atoms with Crippen molar-refractivity contribution < 1.29 is 4.79 Å². The molecular formula is C13H10N2OS. The molecule has 1 N–H and O–H groups in total. The maximum atomic E-state index is 11.7. The molecule has 2 rings (SSSR count). The molecule has 0 radical (unpaired) electrons. The highest BCUT2D eigenvalue weighted by molar-refractivity contribution is 7.07. The van der Waals surface area contributed by atoms with E-state index in [1.54, 1.807) is 35.6 Å². The summed E-state index contributed by atoms with van der Waals surface area (Å²) in [5.74, 6) is -0.124. The van der Waals surface area contributed by atoms with Crippen LogP contribution in [0.3, 0.4) is 0 Å². The van der Waals surface area contributed by atoms with E-state index in [1.807, 2.05) is 22.9 Å². The zero-order chi connectivity index (χ0) is 12.1. The fourth-order valence-corrected chi connectivity index (χ4v) is 2.04. The highest BCUT2D eigenvalue weighted by Gasteiger charge is 2.04. The summed E-state index contributed by atoms with van der Waals surface area (Å²) < 4.78 is 0. The van der Waals surface area contributed by atoms with Gasteiger partial charge in [-0.1, -0.05) is 0 Å². The Morgan fingerprint density at radius 2 is 2.06 bits per heavy atom. The Labute approximate surface area is 103 Å². The normalized spacial score (nSPS) is 9.59. The molecule has 1 aromatic carbocycles. The Morgan fingerprint density at radius 3 is 2.65 bits per heavy atom. The van der Waals surface area contributed by atoms with E-state index in [0.29, 0.717) is 17.7 Å². The van der Waals surface area contributed by atoms with Gasteiger partial charge in [0.25, 0.3) is 5.91 Å². The molecule has 0 bridgehead atoms. The first-order chi connectivity index (χ1) is 8.29. The summed E-state index contributed by atoms with van der Waals surface area (Å²) in [6, 6.07) is 10.6. The number of nitriles is 1. The molecule has 4 heteroatoms. The van der Waals surface area contributed by atoms with Gasteiger partial charge in [-0.2, -0.15) is 16.6 Å². The molecule has 0 fully saturated rings. The van der Waals surface area contributed by atoms with E-state index < -0.39 is 0 Å². The molecule has 1 aromatic heterocycles. The molecule has 0 unspecified atom stereocenters. The highest BCUT2D eigenvalue weighted by atomic mass is 32.1. The van der Waals surface area contributed by atoms with Gasteiger partial charge in [0.15, 0.2) is 0 Å². The fraction of sp³-hybridized carbons (Fsp3) is 0.0769. The molecule has 84 valence electrons. The zero-order valence-electron chi connectivity index (χ0n) is 9.01. The average Bonchev–Trinajstić information content (AvgIpc) is 2.89. The minimum atomic E-state index is -0.124. The summed E-state index contributed by atoms with van der Waals surface area (Å²) in [6.45, 7) is 0.530. The van der Waals surface area contributed by atoms with Crippen molar-refractivity contribution in [2.24, 2.45) is 0 Å². The monoisotopic (exact) mass is 242 g/mol. The molecule has 2 aromatic rings. The maximum absolute atomic E-state index is 11.7. The van der Waals surface area contributed by atoms with E-state index in [2.05, 4.69) is 5.32 Å². The van der Waals surface area contributed by atoms with Crippen LogP contribution in [0.25, 0.3) is 0 Å². The molecule has 0 spiro atoms. The van der Waals surface area contributed by atoms with Crippen LogP contribution in [-0.4, -0.2) is 5.91 Å². The van der Waals surface area contributed by atoms with Gasteiger partial charge in [0.2, 0.25) is 0 Å². The number of carbonyl (C=O) groups is 1. The second-order valence-corrected chi connectivity index (χ2v) is 4.28. The molecule has 1 amide bonds. The Balaban J connectivity index is 1.97. The van der Waals surface area contributed by atoms with Crippen LogP contribution in [0.15, 0.2) is 41.1 Å². The number of benzene rings is 1. The largest absolute Gasteiger partial charge is 0.348 e. The van der Waals surface area contributed by atoms with Crippen LogP contribution in [0.1, 0.15) is 21.5 Å². The van der Waals surface area contributed by atoms with Crippen molar-refractivity contribution in [3.05, 3.63) is 57.8 Å². The Morgan fingerprint density at radius 1 is 1.29 bits per heavy atom. The first-order valence-corrected chi connectivity index (χ1v) is 6.03. The second-order valence-electron chi connectivity index (χ2n) is 3.50. The van der Waals surface area contributed by atoms with Gasteiger partial charge in [0.05, 0.1) is 11.6 Å². The molecule has 17 heavy (non-hydrogen) atoms. The Kier molecular flexibility index (Phi) is 3.53. The van der Waals surface area contributed by atoms with Gasteiger partial charge < -0.3 is 5.32 Å². The quantitative estimate of drug-likeness (QED) is 0.899. The summed E-state index contributed by atoms with van der Waals surface area (Å²) in [7, 11) is 0. The van der Waals surface area contributed by atoms with Gasteiger partial charge in [0.1, 0.15) is 0 Å². The summed E-state index contributed by atoms with van der Waals surface area (Å²) in [5.41, 5.74) is 2.22. The van der Waals surface area contributed by atoms with Crippen LogP contribution in [0.2, 0.25) is 0 Å². The van der Waals surface area contributed by atoms with E-state index in [-0.39, 0.29) is 5.91 Å². The number of carbonyl (C=O) groups excluding carboxylic acids is 1. The van der Waals surface area contributed by atoms with Crippen LogP contribution in [0.5, 0.6) is 0 Å². The minimum Gasteiger partial charge on any atom is -0.348 e. The number of rotatable bonds is 3. The highest BCUT2D eigenvalue weighted by Crippen LogP contribution is 2.07. The first-order valence-electron chi connectivity index (χ1n) is 5.09. The molecule has 0 atom stereocenters. The van der Waals surface area contributed by atoms with Gasteiger partial charge in [-0.05, 0) is 46.7 Å². The van der Waals surface area contributed by atoms with Crippen molar-refractivity contribution >= 4 is 17.2 Å². The van der Waals surface area contributed by atoms with Crippen LogP contribution < -0.4 is 5.32 Å². The smallest absolute Gasteiger partial charge is 0.251 e. The molecule has 3 nitrogen and oxygen atoms in total. The van der Waals surface area contributed by atoms with Crippen molar-refractivity contribution in [1.82, 2.24) is 5.32 Å². The molecule has 0 saturated carbocycles. The van der Waals surface area contributed by atoms with E-state index in [4.69, 9.17) is 5.26 Å². The van der Waals surface area contributed by atoms with Crippen molar-refractivity contribution in [2.75, 3.05) is 0 Å². The average molecular weight is 242 g/mol. The number of nitrogens with zero attached hydrogens (tertiary/aromatic N) is 1. The standard InChI is InChI=1S/C13H10N2OS/c14-7-10-1-3-12(4-2-10)13(16)15-8-11-5-6-17-9-11/h1-6,9H,8H2,(H,15,16). The third kappa shape index (κ3) is 2.92. The van der Waals surface area contributed by atoms with E-state index in [9.17, 15) is 4.79 Å². The summed E-state index contributed by atoms with van der Waals surface area (Å²) in [4.78, 5) is 11.7. The first kappa shape index (κ1) is 11.4. The summed E-state index contributed by atoms with van der Waals surface area (Å²) in [6.07, 6.45) is 0. The molecular weight excluding hydrogens is 232 g/mol. The minimum absolute atomic E-state index is 0.124. The molecule has 0 aliphatic rings. The summed E-state index contributed by atoms with van der Waals surface area (Å²) >= 11 is 1.60. The second kappa shape index (κ2) is 5.28. The zero-order valence-corrected chi connectivity index (χ0v) is 9.83. The molecule has 0 aliphatic carbocycles. The van der Waals surface area contributed by atoms with Crippen molar-refractivity contribution in [3.8, 4) is 6.07 Å². The number of hydrogen-bond acceptors (Lipinski definition) is 3. The number of thiophene rings is 1. The van der Waals surface area contributed by atoms with E-state index in [0.717, 1.165) is 5.56 Å². The lowest BCUT2D eigenvalue weighted by atomic mass is 10.1. The maximum Gasteiger partial charge on any atom is 0.251 e. The lowest BCUT2D eigenvalue weighted by Gasteiger charge is -2.03. The third-order valence-corrected chi connectivity index (χ3v) is 3.04. The molecule has 0 aliphatic heterocycles. The molecule has 1 heterocycles. The number of nitrogens with one attached hydrogen (secondary N) is 1. The van der Waals surface area contributed by atoms with Crippen molar-refractivity contribution in [1.29, 1.82) is 5.26 Å². The third-order valence-electron chi connectivity index (χ3n) is 2.31. The number of hydrogen-bond donors (Lipinski definition) is 1. The van der Waals surface area contributed by atoms with Crippen LogP contribution in [0, 0.1) is 11.3 Å². The van der Waals surface area contributed by atoms with Crippen LogP contribution in [0.4, 0.5) is 0 Å². The lowest BCUT2D eigenvalue weighted by Crippen LogP contribution is -2.22. The summed E-state index contributed by atoms with van der Waals surface area (Å²) in [5, 5.41) is 15.4. The predicted molar refractivity (Wildman–Crippen MR) is 66.6 cm³/mol. The van der Waals surface area contributed by atoms with Gasteiger partial charge in [0, 0.05) is 12.1 Å². The van der Waals surface area contributed by atoms with Gasteiger partial charge in [-0.15, -0.1) is 0 Å². The SMILES string of the molecule is N#Cc1ccc(C(=O)NCc2ccsc2)cc1. The van der Waals surface area contributed by atoms with Gasteiger partial charge in [-0.25, -0.2) is 0 Å². The van der Waals surface area contributed by atoms with Gasteiger partial charge >= 0.3 is 0 Å². The predicted octanol–water partition coefficient (Wildman–Crippen LogP) is 2.55. The van der Waals surface area contributed by atoms with E-state index >= 15 is 0 Å². The lowest BCUT2D eigenvalue weighted by molar-refractivity contribution is 0.0951. The topological polar surface area (TPSA) is 52.9 Å². The number of amides is 1. The van der Waals surface area contributed by atoms with Crippen molar-refractivity contribution in [2.45, 2.75) is 6.54 Å². The molecule has 0 saturated heterocycles. The van der Waals surface area contributed by atoms with Crippen LogP contribution in [-0.2, 0) is 6.54 Å². The fourth-order valence-electron chi connectivity index (χ4n) is 1.37. The van der Waals surface area contributed by atoms with Crippen molar-refractivity contribution in [3.63, 3.8) is 0 Å². The van der Waals surface area contributed by atoms with Gasteiger partial charge in [-0.3, -0.25) is 4.79 Å².